The molecule has 0 spiro atoms. The smallest absolute Gasteiger partial charge is 0.276 e. The lowest BCUT2D eigenvalue weighted by atomic mass is 10.2. The van der Waals surface area contributed by atoms with Crippen molar-refractivity contribution in [1.29, 1.82) is 0 Å². The van der Waals surface area contributed by atoms with E-state index in [-0.39, 0.29) is 18.3 Å². The van der Waals surface area contributed by atoms with Gasteiger partial charge in [-0.1, -0.05) is 11.6 Å². The zero-order chi connectivity index (χ0) is 21.2. The molecule has 0 bridgehead atoms. The molecule has 154 valence electrons. The monoisotopic (exact) mass is 437 g/mol. The van der Waals surface area contributed by atoms with Gasteiger partial charge in [0.2, 0.25) is 0 Å². The predicted molar refractivity (Wildman–Crippen MR) is 112 cm³/mol. The van der Waals surface area contributed by atoms with E-state index in [4.69, 9.17) is 38.0 Å². The molecule has 0 aliphatic carbocycles. The first-order valence-corrected chi connectivity index (χ1v) is 9.20. The maximum Gasteiger partial charge on any atom is 0.276 e. The number of methoxy groups -OCH3 is 1. The van der Waals surface area contributed by atoms with E-state index in [1.165, 1.54) is 0 Å². The third-order valence-electron chi connectivity index (χ3n) is 3.49. The van der Waals surface area contributed by atoms with Gasteiger partial charge in [0.15, 0.2) is 18.3 Å². The second-order valence-electron chi connectivity index (χ2n) is 5.71. The number of aryl methyl sites for hydroxylation is 1. The quantitative estimate of drug-likeness (QED) is 0.451. The number of rotatable bonds is 7. The summed E-state index contributed by atoms with van der Waals surface area (Å²) in [5.41, 5.74) is 5.54. The fourth-order valence-electron chi connectivity index (χ4n) is 2.10. The van der Waals surface area contributed by atoms with Crippen molar-refractivity contribution in [2.75, 3.05) is 20.3 Å². The number of halogens is 1. The molecule has 2 aromatic carbocycles. The zero-order valence-electron chi connectivity index (χ0n) is 15.8. The van der Waals surface area contributed by atoms with Gasteiger partial charge in [0.25, 0.3) is 11.8 Å². The normalized spacial score (nSPS) is 9.90. The molecule has 0 radical (unpaired) electrons. The van der Waals surface area contributed by atoms with Crippen molar-refractivity contribution in [3.63, 3.8) is 0 Å². The standard InChI is InChI=1S/C19H20ClN3O5S/c1-12-9-13(20)3-8-16(12)28-11-18(25)22-23-19(29)21-17(24)10-27-15-6-4-14(26-2)5-7-15/h3-9H,10-11H2,1-2H3,(H,22,25)(H2,21,23,24,29). The molecule has 2 amide bonds. The predicted octanol–water partition coefficient (Wildman–Crippen LogP) is 2.14. The Balaban J connectivity index is 1.66. The van der Waals surface area contributed by atoms with Crippen LogP contribution in [0.1, 0.15) is 5.56 Å². The molecule has 0 unspecified atom stereocenters. The summed E-state index contributed by atoms with van der Waals surface area (Å²) in [6.45, 7) is 1.32. The summed E-state index contributed by atoms with van der Waals surface area (Å²) in [6, 6.07) is 11.8. The third kappa shape index (κ3) is 7.84. The van der Waals surface area contributed by atoms with Crippen LogP contribution in [0.25, 0.3) is 0 Å². The van der Waals surface area contributed by atoms with E-state index in [2.05, 4.69) is 16.2 Å². The first-order chi connectivity index (χ1) is 13.9. The second-order valence-corrected chi connectivity index (χ2v) is 6.56. The molecule has 0 aliphatic rings. The van der Waals surface area contributed by atoms with E-state index >= 15 is 0 Å². The Morgan fingerprint density at radius 2 is 1.62 bits per heavy atom. The Morgan fingerprint density at radius 1 is 0.966 bits per heavy atom. The molecule has 0 atom stereocenters. The summed E-state index contributed by atoms with van der Waals surface area (Å²) in [4.78, 5) is 23.6. The summed E-state index contributed by atoms with van der Waals surface area (Å²) in [7, 11) is 1.56. The molecule has 0 saturated carbocycles. The average molecular weight is 438 g/mol. The largest absolute Gasteiger partial charge is 0.497 e. The average Bonchev–Trinajstić information content (AvgIpc) is 2.70. The highest BCUT2D eigenvalue weighted by atomic mass is 35.5. The molecule has 0 fully saturated rings. The Morgan fingerprint density at radius 3 is 2.28 bits per heavy atom. The highest BCUT2D eigenvalue weighted by Crippen LogP contribution is 2.21. The van der Waals surface area contributed by atoms with Crippen LogP contribution in [0.3, 0.4) is 0 Å². The van der Waals surface area contributed by atoms with Crippen LogP contribution in [0.5, 0.6) is 17.2 Å². The Bertz CT molecular complexity index is 877. The topological polar surface area (TPSA) is 97.9 Å². The molecule has 10 heteroatoms. The zero-order valence-corrected chi connectivity index (χ0v) is 17.4. The molecule has 2 rings (SSSR count). The molecule has 3 N–H and O–H groups in total. The molecular weight excluding hydrogens is 418 g/mol. The maximum atomic E-state index is 11.8. The Hall–Kier alpha value is -3.04. The van der Waals surface area contributed by atoms with Crippen molar-refractivity contribution < 1.29 is 23.8 Å². The summed E-state index contributed by atoms with van der Waals surface area (Å²) in [5, 5.41) is 2.88. The second kappa shape index (κ2) is 11.1. The number of hydrogen-bond donors (Lipinski definition) is 3. The number of ether oxygens (including phenoxy) is 3. The summed E-state index contributed by atoms with van der Waals surface area (Å²) in [6.07, 6.45) is 0. The van der Waals surface area contributed by atoms with Gasteiger partial charge in [-0.2, -0.15) is 0 Å². The van der Waals surface area contributed by atoms with Crippen molar-refractivity contribution in [3.8, 4) is 17.2 Å². The third-order valence-corrected chi connectivity index (χ3v) is 3.93. The van der Waals surface area contributed by atoms with Crippen LogP contribution in [0, 0.1) is 6.92 Å². The van der Waals surface area contributed by atoms with E-state index in [9.17, 15) is 9.59 Å². The van der Waals surface area contributed by atoms with Gasteiger partial charge in [-0.3, -0.25) is 25.8 Å². The van der Waals surface area contributed by atoms with Crippen LogP contribution in [0.15, 0.2) is 42.5 Å². The van der Waals surface area contributed by atoms with Gasteiger partial charge in [-0.05, 0) is 67.2 Å². The molecular formula is C19H20ClN3O5S. The number of thiocarbonyl (C=S) groups is 1. The van der Waals surface area contributed by atoms with Gasteiger partial charge in [0, 0.05) is 5.02 Å². The van der Waals surface area contributed by atoms with Gasteiger partial charge in [0.1, 0.15) is 17.2 Å². The molecule has 29 heavy (non-hydrogen) atoms. The van der Waals surface area contributed by atoms with E-state index in [1.54, 1.807) is 49.6 Å². The lowest BCUT2D eigenvalue weighted by molar-refractivity contribution is -0.124. The van der Waals surface area contributed by atoms with Crippen LogP contribution in [0.2, 0.25) is 5.02 Å². The Kier molecular flexibility index (Phi) is 8.50. The molecule has 0 heterocycles. The first kappa shape index (κ1) is 22.3. The van der Waals surface area contributed by atoms with E-state index in [0.717, 1.165) is 5.56 Å². The summed E-state index contributed by atoms with van der Waals surface area (Å²) in [5.74, 6) is 0.753. The maximum absolute atomic E-state index is 11.8. The number of benzene rings is 2. The van der Waals surface area contributed by atoms with Crippen LogP contribution in [-0.2, 0) is 9.59 Å². The van der Waals surface area contributed by atoms with Crippen molar-refractivity contribution in [2.24, 2.45) is 0 Å². The summed E-state index contributed by atoms with van der Waals surface area (Å²) < 4.78 is 15.8. The lowest BCUT2D eigenvalue weighted by Gasteiger charge is -2.12. The minimum atomic E-state index is -0.486. The van der Waals surface area contributed by atoms with Gasteiger partial charge in [0.05, 0.1) is 7.11 Å². The fourth-order valence-corrected chi connectivity index (χ4v) is 2.49. The van der Waals surface area contributed by atoms with Gasteiger partial charge >= 0.3 is 0 Å². The number of carbonyl (C=O) groups excluding carboxylic acids is 2. The van der Waals surface area contributed by atoms with Crippen molar-refractivity contribution in [3.05, 3.63) is 53.1 Å². The van der Waals surface area contributed by atoms with Crippen LogP contribution >= 0.6 is 23.8 Å². The number of hydrogen-bond acceptors (Lipinski definition) is 6. The molecule has 0 aromatic heterocycles. The van der Waals surface area contributed by atoms with Crippen LogP contribution in [-0.4, -0.2) is 37.3 Å². The van der Waals surface area contributed by atoms with Crippen LogP contribution in [0.4, 0.5) is 0 Å². The van der Waals surface area contributed by atoms with Crippen molar-refractivity contribution in [2.45, 2.75) is 6.92 Å². The number of carbonyl (C=O) groups is 2. The molecule has 0 aliphatic heterocycles. The summed E-state index contributed by atoms with van der Waals surface area (Å²) >= 11 is 10.8. The number of amides is 2. The van der Waals surface area contributed by atoms with E-state index < -0.39 is 11.8 Å². The first-order valence-electron chi connectivity index (χ1n) is 8.42. The SMILES string of the molecule is COc1ccc(OCC(=O)NC(=S)NNC(=O)COc2ccc(Cl)cc2C)cc1. The minimum absolute atomic E-state index is 0.0793. The van der Waals surface area contributed by atoms with Gasteiger partial charge in [-0.15, -0.1) is 0 Å². The number of nitrogens with one attached hydrogen (secondary N) is 3. The highest BCUT2D eigenvalue weighted by molar-refractivity contribution is 7.80. The number of hydrazine groups is 1. The molecule has 0 saturated heterocycles. The van der Waals surface area contributed by atoms with Crippen molar-refractivity contribution >= 4 is 40.7 Å². The fraction of sp³-hybridized carbons (Fsp3) is 0.211. The lowest BCUT2D eigenvalue weighted by Crippen LogP contribution is -2.50. The molecule has 2 aromatic rings. The van der Waals surface area contributed by atoms with Gasteiger partial charge in [-0.25, -0.2) is 0 Å². The molecule has 8 nitrogen and oxygen atoms in total. The van der Waals surface area contributed by atoms with Crippen LogP contribution < -0.4 is 30.4 Å². The van der Waals surface area contributed by atoms with E-state index in [0.29, 0.717) is 22.3 Å². The van der Waals surface area contributed by atoms with Crippen molar-refractivity contribution in [1.82, 2.24) is 16.2 Å². The van der Waals surface area contributed by atoms with E-state index in [1.807, 2.05) is 6.92 Å². The van der Waals surface area contributed by atoms with Gasteiger partial charge < -0.3 is 14.2 Å². The Labute approximate surface area is 178 Å². The minimum Gasteiger partial charge on any atom is -0.497 e. The highest BCUT2D eigenvalue weighted by Gasteiger charge is 2.09.